The summed E-state index contributed by atoms with van der Waals surface area (Å²) in [5.74, 6) is -0.923. The van der Waals surface area contributed by atoms with Gasteiger partial charge in [-0.25, -0.2) is 4.79 Å². The van der Waals surface area contributed by atoms with Crippen LogP contribution in [0.2, 0.25) is 0 Å². The first kappa shape index (κ1) is 17.3. The molecule has 8 heteroatoms. The number of piperidine rings is 1. The van der Waals surface area contributed by atoms with Gasteiger partial charge in [0.15, 0.2) is 0 Å². The second-order valence-corrected chi connectivity index (χ2v) is 8.07. The molecule has 1 unspecified atom stereocenters. The smallest absolute Gasteiger partial charge is 0.327 e. The number of carbonyl (C=O) groups excluding carboxylic acids is 4. The van der Waals surface area contributed by atoms with Gasteiger partial charge in [-0.1, -0.05) is 0 Å². The molecule has 0 aromatic carbocycles. The van der Waals surface area contributed by atoms with Gasteiger partial charge in [0, 0.05) is 27.2 Å². The lowest BCUT2D eigenvalue weighted by Gasteiger charge is -2.42. The number of carbonyl (C=O) groups is 4. The minimum absolute atomic E-state index is 0.0413. The third-order valence-corrected chi connectivity index (χ3v) is 6.89. The highest BCUT2D eigenvalue weighted by atomic mass is 16.6. The Morgan fingerprint density at radius 2 is 1.65 bits per heavy atom. The number of rotatable bonds is 1. The molecular weight excluding hydrogens is 338 g/mol. The monoisotopic (exact) mass is 363 g/mol. The van der Waals surface area contributed by atoms with Crippen molar-refractivity contribution in [3.63, 3.8) is 0 Å². The Hall–Kier alpha value is -2.12. The molecule has 4 rings (SSSR count). The van der Waals surface area contributed by atoms with E-state index in [1.165, 1.54) is 11.9 Å². The van der Waals surface area contributed by atoms with E-state index in [1.807, 2.05) is 0 Å². The van der Waals surface area contributed by atoms with Gasteiger partial charge in [-0.05, 0) is 38.5 Å². The summed E-state index contributed by atoms with van der Waals surface area (Å²) in [6, 6.07) is -0.297. The average molecular weight is 363 g/mol. The fourth-order valence-electron chi connectivity index (χ4n) is 5.25. The van der Waals surface area contributed by atoms with Crippen LogP contribution < -0.4 is 0 Å². The summed E-state index contributed by atoms with van der Waals surface area (Å²) in [6.45, 7) is 0.827. The van der Waals surface area contributed by atoms with E-state index in [0.717, 1.165) is 30.6 Å². The molecule has 1 saturated carbocycles. The van der Waals surface area contributed by atoms with E-state index in [2.05, 4.69) is 0 Å². The second kappa shape index (κ2) is 5.69. The summed E-state index contributed by atoms with van der Waals surface area (Å²) >= 11 is 0. The highest BCUT2D eigenvalue weighted by Crippen LogP contribution is 2.47. The average Bonchev–Trinajstić information content (AvgIpc) is 3.28. The number of imide groups is 1. The number of ether oxygens (including phenoxy) is 1. The maximum absolute atomic E-state index is 13.1. The molecule has 1 atom stereocenters. The van der Waals surface area contributed by atoms with Crippen LogP contribution in [0.4, 0.5) is 4.79 Å². The van der Waals surface area contributed by atoms with Gasteiger partial charge in [-0.2, -0.15) is 0 Å². The zero-order valence-electron chi connectivity index (χ0n) is 15.3. The van der Waals surface area contributed by atoms with Crippen molar-refractivity contribution in [2.75, 3.05) is 27.2 Å². The SMILES string of the molecule is CN1C(=O)N(C)C2(CCN(C(=O)C3CC(=O)OC34CCCC4)CC2)C1=O. The van der Waals surface area contributed by atoms with Gasteiger partial charge in [0.2, 0.25) is 5.91 Å². The van der Waals surface area contributed by atoms with Crippen molar-refractivity contribution in [2.45, 2.75) is 56.1 Å². The Labute approximate surface area is 152 Å². The molecule has 0 bridgehead atoms. The molecule has 4 amide bonds. The van der Waals surface area contributed by atoms with Crippen LogP contribution in [0.15, 0.2) is 0 Å². The van der Waals surface area contributed by atoms with Crippen LogP contribution in [0.1, 0.15) is 44.9 Å². The first-order chi connectivity index (χ1) is 12.3. The summed E-state index contributed by atoms with van der Waals surface area (Å²) in [7, 11) is 3.15. The van der Waals surface area contributed by atoms with Gasteiger partial charge >= 0.3 is 12.0 Å². The van der Waals surface area contributed by atoms with Gasteiger partial charge in [0.05, 0.1) is 12.3 Å². The molecule has 26 heavy (non-hydrogen) atoms. The van der Waals surface area contributed by atoms with E-state index in [4.69, 9.17) is 4.74 Å². The Kier molecular flexibility index (Phi) is 3.79. The van der Waals surface area contributed by atoms with Crippen molar-refractivity contribution in [1.82, 2.24) is 14.7 Å². The number of hydrogen-bond donors (Lipinski definition) is 0. The van der Waals surface area contributed by atoms with Gasteiger partial charge in [-0.3, -0.25) is 19.3 Å². The molecule has 8 nitrogen and oxygen atoms in total. The van der Waals surface area contributed by atoms with Crippen molar-refractivity contribution >= 4 is 23.8 Å². The van der Waals surface area contributed by atoms with Crippen LogP contribution in [-0.4, -0.2) is 76.8 Å². The molecule has 0 aromatic heterocycles. The van der Waals surface area contributed by atoms with E-state index < -0.39 is 17.1 Å². The quantitative estimate of drug-likeness (QED) is 0.507. The minimum atomic E-state index is -0.838. The van der Waals surface area contributed by atoms with Crippen molar-refractivity contribution < 1.29 is 23.9 Å². The van der Waals surface area contributed by atoms with Crippen molar-refractivity contribution in [3.8, 4) is 0 Å². The van der Waals surface area contributed by atoms with Gasteiger partial charge in [0.25, 0.3) is 5.91 Å². The predicted molar refractivity (Wildman–Crippen MR) is 89.9 cm³/mol. The van der Waals surface area contributed by atoms with E-state index in [0.29, 0.717) is 25.9 Å². The molecule has 0 aromatic rings. The van der Waals surface area contributed by atoms with Gasteiger partial charge in [0.1, 0.15) is 11.1 Å². The number of likely N-dealkylation sites (tertiary alicyclic amines) is 1. The van der Waals surface area contributed by atoms with Gasteiger partial charge < -0.3 is 14.5 Å². The molecule has 3 heterocycles. The van der Waals surface area contributed by atoms with Crippen LogP contribution in [0.5, 0.6) is 0 Å². The fraction of sp³-hybridized carbons (Fsp3) is 0.778. The summed E-state index contributed by atoms with van der Waals surface area (Å²) in [5, 5.41) is 0. The molecule has 1 aliphatic carbocycles. The predicted octanol–water partition coefficient (Wildman–Crippen LogP) is 0.747. The standard InChI is InChI=1S/C18H25N3O5/c1-19-15(24)17(20(2)16(19)25)7-9-21(10-8-17)14(23)12-11-13(22)26-18(12)5-3-4-6-18/h12H,3-11H2,1-2H3. The van der Waals surface area contributed by atoms with Crippen LogP contribution >= 0.6 is 0 Å². The molecule has 3 saturated heterocycles. The number of urea groups is 1. The van der Waals surface area contributed by atoms with E-state index in [9.17, 15) is 19.2 Å². The summed E-state index contributed by atoms with van der Waals surface area (Å²) in [5.41, 5.74) is -1.45. The summed E-state index contributed by atoms with van der Waals surface area (Å²) in [6.07, 6.45) is 4.49. The molecule has 0 N–H and O–H groups in total. The van der Waals surface area contributed by atoms with Crippen LogP contribution in [0.3, 0.4) is 0 Å². The highest BCUT2D eigenvalue weighted by molar-refractivity contribution is 6.06. The van der Waals surface area contributed by atoms with Crippen molar-refractivity contribution in [2.24, 2.45) is 5.92 Å². The van der Waals surface area contributed by atoms with E-state index in [1.54, 1.807) is 11.9 Å². The number of nitrogens with zero attached hydrogens (tertiary/aromatic N) is 3. The molecule has 2 spiro atoms. The molecule has 3 aliphatic heterocycles. The third-order valence-electron chi connectivity index (χ3n) is 6.89. The van der Waals surface area contributed by atoms with Crippen LogP contribution in [0, 0.1) is 5.92 Å². The number of hydrogen-bond acceptors (Lipinski definition) is 5. The van der Waals surface area contributed by atoms with Crippen molar-refractivity contribution in [1.29, 1.82) is 0 Å². The lowest BCUT2D eigenvalue weighted by molar-refractivity contribution is -0.153. The second-order valence-electron chi connectivity index (χ2n) is 8.07. The Bertz CT molecular complexity index is 676. The maximum atomic E-state index is 13.1. The van der Waals surface area contributed by atoms with Gasteiger partial charge in [-0.15, -0.1) is 0 Å². The lowest BCUT2D eigenvalue weighted by Crippen LogP contribution is -2.57. The lowest BCUT2D eigenvalue weighted by atomic mass is 9.82. The zero-order valence-corrected chi connectivity index (χ0v) is 15.3. The van der Waals surface area contributed by atoms with Crippen LogP contribution in [-0.2, 0) is 19.1 Å². The minimum Gasteiger partial charge on any atom is -0.458 e. The first-order valence-electron chi connectivity index (χ1n) is 9.37. The number of esters is 1. The maximum Gasteiger partial charge on any atom is 0.327 e. The molecule has 0 radical (unpaired) electrons. The molecule has 4 fully saturated rings. The first-order valence-corrected chi connectivity index (χ1v) is 9.37. The molecule has 142 valence electrons. The molecule has 4 aliphatic rings. The Morgan fingerprint density at radius 1 is 1.04 bits per heavy atom. The normalized spacial score (nSPS) is 30.0. The molecular formula is C18H25N3O5. The number of likely N-dealkylation sites (N-methyl/N-ethyl adjacent to an activating group) is 2. The fourth-order valence-corrected chi connectivity index (χ4v) is 5.25. The third kappa shape index (κ3) is 2.20. The highest BCUT2D eigenvalue weighted by Gasteiger charge is 2.58. The summed E-state index contributed by atoms with van der Waals surface area (Å²) < 4.78 is 5.59. The zero-order chi connectivity index (χ0) is 18.7. The largest absolute Gasteiger partial charge is 0.458 e. The van der Waals surface area contributed by atoms with E-state index in [-0.39, 0.29) is 30.2 Å². The number of amides is 4. The Balaban J connectivity index is 1.48. The Morgan fingerprint density at radius 3 is 2.19 bits per heavy atom. The summed E-state index contributed by atoms with van der Waals surface area (Å²) in [4.78, 5) is 54.1. The topological polar surface area (TPSA) is 87.2 Å². The van der Waals surface area contributed by atoms with E-state index >= 15 is 0 Å². The van der Waals surface area contributed by atoms with Crippen LogP contribution in [0.25, 0.3) is 0 Å². The van der Waals surface area contributed by atoms with Crippen molar-refractivity contribution in [3.05, 3.63) is 0 Å².